The molecule has 5 rings (SSSR count). The molecule has 4 heterocycles. The van der Waals surface area contributed by atoms with Gasteiger partial charge in [-0.3, -0.25) is 9.78 Å². The number of pyridine rings is 1. The summed E-state index contributed by atoms with van der Waals surface area (Å²) in [5.41, 5.74) is 17.3. The number of carbonyl (C=O) groups excluding carboxylic acids is 1. The predicted octanol–water partition coefficient (Wildman–Crippen LogP) is 2.49. The number of fused-ring (bicyclic) bond motifs is 1. The Labute approximate surface area is 212 Å². The van der Waals surface area contributed by atoms with Gasteiger partial charge in [0.1, 0.15) is 11.6 Å². The number of anilines is 3. The van der Waals surface area contributed by atoms with Crippen molar-refractivity contribution in [2.75, 3.05) is 48.8 Å². The van der Waals surface area contributed by atoms with Gasteiger partial charge in [-0.15, -0.1) is 0 Å². The van der Waals surface area contributed by atoms with Crippen LogP contribution in [0.25, 0.3) is 11.3 Å². The molecule has 1 fully saturated rings. The molecular weight excluding hydrogens is 452 g/mol. The van der Waals surface area contributed by atoms with Crippen LogP contribution in [-0.2, 0) is 19.4 Å². The number of primary amides is 1. The fourth-order valence-electron chi connectivity index (χ4n) is 5.15. The second kappa shape index (κ2) is 9.73. The summed E-state index contributed by atoms with van der Waals surface area (Å²) in [6.07, 6.45) is 1.56. The molecule has 0 bridgehead atoms. The van der Waals surface area contributed by atoms with Crippen LogP contribution in [0.15, 0.2) is 36.4 Å². The lowest BCUT2D eigenvalue weighted by Crippen LogP contribution is -2.45. The van der Waals surface area contributed by atoms with Crippen molar-refractivity contribution in [1.82, 2.24) is 19.9 Å². The number of carbonyl (C=O) groups is 1. The Morgan fingerprint density at radius 3 is 2.47 bits per heavy atom. The van der Waals surface area contributed by atoms with Gasteiger partial charge in [0.25, 0.3) is 5.91 Å². The van der Waals surface area contributed by atoms with Gasteiger partial charge in [-0.05, 0) is 56.1 Å². The standard InChI is InChI=1S/C27H34N8O/c1-4-22-21(26(28)36)7-8-23(30-22)19-6-5-18-13-17(2)35(16-20(18)14-19)25-15-24(31-27(29)32-25)34-11-9-33(3)10-12-34/h5-8,14-15,17H,4,9-13,16H2,1-3H3,(H2,28,36)(H2,29,31,32). The van der Waals surface area contributed by atoms with E-state index in [0.29, 0.717) is 17.9 Å². The summed E-state index contributed by atoms with van der Waals surface area (Å²) in [4.78, 5) is 32.6. The first kappa shape index (κ1) is 24.0. The zero-order valence-corrected chi connectivity index (χ0v) is 21.2. The van der Waals surface area contributed by atoms with Crippen LogP contribution < -0.4 is 21.3 Å². The van der Waals surface area contributed by atoms with Crippen molar-refractivity contribution in [3.05, 3.63) is 58.8 Å². The Hall–Kier alpha value is -3.72. The zero-order chi connectivity index (χ0) is 25.4. The number of rotatable bonds is 5. The maximum atomic E-state index is 11.7. The third-order valence-corrected chi connectivity index (χ3v) is 7.30. The third kappa shape index (κ3) is 4.70. The van der Waals surface area contributed by atoms with Gasteiger partial charge in [-0.25, -0.2) is 0 Å². The smallest absolute Gasteiger partial charge is 0.250 e. The molecule has 1 amide bonds. The van der Waals surface area contributed by atoms with E-state index in [0.717, 1.165) is 67.7 Å². The van der Waals surface area contributed by atoms with Crippen molar-refractivity contribution < 1.29 is 4.79 Å². The number of aryl methyl sites for hydroxylation is 1. The SMILES string of the molecule is CCc1nc(-c2ccc3c(c2)CN(c2cc(N4CCN(C)CC4)nc(N)n2)C(C)C3)ccc1C(N)=O. The van der Waals surface area contributed by atoms with Gasteiger partial charge in [-0.1, -0.05) is 19.1 Å². The number of benzene rings is 1. The molecule has 2 aliphatic heterocycles. The number of hydrogen-bond acceptors (Lipinski definition) is 8. The first-order valence-corrected chi connectivity index (χ1v) is 12.6. The first-order valence-electron chi connectivity index (χ1n) is 12.6. The van der Waals surface area contributed by atoms with Gasteiger partial charge >= 0.3 is 0 Å². The maximum Gasteiger partial charge on any atom is 0.250 e. The van der Waals surface area contributed by atoms with Crippen LogP contribution in [0.1, 0.15) is 41.0 Å². The second-order valence-electron chi connectivity index (χ2n) is 9.81. The zero-order valence-electron chi connectivity index (χ0n) is 21.2. The molecule has 1 unspecified atom stereocenters. The predicted molar refractivity (Wildman–Crippen MR) is 143 cm³/mol. The average molecular weight is 487 g/mol. The highest BCUT2D eigenvalue weighted by molar-refractivity contribution is 5.94. The average Bonchev–Trinajstić information content (AvgIpc) is 2.87. The number of nitrogen functional groups attached to an aromatic ring is 1. The van der Waals surface area contributed by atoms with Crippen molar-refractivity contribution in [1.29, 1.82) is 0 Å². The molecule has 0 radical (unpaired) electrons. The van der Waals surface area contributed by atoms with Crippen LogP contribution in [0.3, 0.4) is 0 Å². The lowest BCUT2D eigenvalue weighted by molar-refractivity contribution is 0.0999. The summed E-state index contributed by atoms with van der Waals surface area (Å²) in [5, 5.41) is 0. The van der Waals surface area contributed by atoms with E-state index in [1.807, 2.05) is 13.0 Å². The molecule has 1 saturated heterocycles. The summed E-state index contributed by atoms with van der Waals surface area (Å²) in [5.74, 6) is 1.61. The number of likely N-dealkylation sites (N-methyl/N-ethyl adjacent to an activating group) is 1. The highest BCUT2D eigenvalue weighted by atomic mass is 16.1. The second-order valence-corrected chi connectivity index (χ2v) is 9.81. The molecular formula is C27H34N8O. The molecule has 188 valence electrons. The molecule has 3 aromatic rings. The molecule has 1 aromatic carbocycles. The Morgan fingerprint density at radius 2 is 1.75 bits per heavy atom. The van der Waals surface area contributed by atoms with Gasteiger partial charge < -0.3 is 26.2 Å². The highest BCUT2D eigenvalue weighted by Gasteiger charge is 2.26. The van der Waals surface area contributed by atoms with E-state index in [1.165, 1.54) is 11.1 Å². The van der Waals surface area contributed by atoms with Crippen LogP contribution >= 0.6 is 0 Å². The van der Waals surface area contributed by atoms with E-state index in [4.69, 9.17) is 16.5 Å². The fourth-order valence-corrected chi connectivity index (χ4v) is 5.15. The van der Waals surface area contributed by atoms with Crippen LogP contribution in [0.5, 0.6) is 0 Å². The summed E-state index contributed by atoms with van der Waals surface area (Å²) in [6.45, 7) is 8.79. The summed E-state index contributed by atoms with van der Waals surface area (Å²) in [6, 6.07) is 12.5. The van der Waals surface area contributed by atoms with Crippen LogP contribution in [0.4, 0.5) is 17.6 Å². The lowest BCUT2D eigenvalue weighted by Gasteiger charge is -2.37. The number of piperazine rings is 1. The van der Waals surface area contributed by atoms with Gasteiger partial charge in [0, 0.05) is 50.4 Å². The minimum Gasteiger partial charge on any atom is -0.368 e. The molecule has 0 spiro atoms. The van der Waals surface area contributed by atoms with E-state index >= 15 is 0 Å². The Bertz CT molecular complexity index is 1280. The number of hydrogen-bond donors (Lipinski definition) is 2. The first-order chi connectivity index (χ1) is 17.3. The Balaban J connectivity index is 1.44. The molecule has 9 heteroatoms. The topological polar surface area (TPSA) is 118 Å². The maximum absolute atomic E-state index is 11.7. The molecule has 1 atom stereocenters. The molecule has 4 N–H and O–H groups in total. The molecule has 36 heavy (non-hydrogen) atoms. The number of nitrogens with zero attached hydrogens (tertiary/aromatic N) is 6. The Morgan fingerprint density at radius 1 is 1.00 bits per heavy atom. The van der Waals surface area contributed by atoms with Gasteiger partial charge in [0.15, 0.2) is 0 Å². The molecule has 9 nitrogen and oxygen atoms in total. The summed E-state index contributed by atoms with van der Waals surface area (Å²) < 4.78 is 0. The number of amides is 1. The summed E-state index contributed by atoms with van der Waals surface area (Å²) >= 11 is 0. The number of aromatic nitrogens is 3. The lowest BCUT2D eigenvalue weighted by atomic mass is 9.92. The number of nitrogens with two attached hydrogens (primary N) is 2. The van der Waals surface area contributed by atoms with Gasteiger partial charge in [0.05, 0.1) is 17.0 Å². The molecule has 0 saturated carbocycles. The van der Waals surface area contributed by atoms with Crippen LogP contribution in [0.2, 0.25) is 0 Å². The van der Waals surface area contributed by atoms with Crippen LogP contribution in [-0.4, -0.2) is 65.0 Å². The third-order valence-electron chi connectivity index (χ3n) is 7.30. The van der Waals surface area contributed by atoms with Gasteiger partial charge in [-0.2, -0.15) is 9.97 Å². The van der Waals surface area contributed by atoms with Crippen molar-refractivity contribution in [2.45, 2.75) is 39.3 Å². The van der Waals surface area contributed by atoms with E-state index < -0.39 is 5.91 Å². The minimum absolute atomic E-state index is 0.276. The van der Waals surface area contributed by atoms with Crippen molar-refractivity contribution >= 4 is 23.5 Å². The molecule has 2 aromatic heterocycles. The van der Waals surface area contributed by atoms with E-state index in [1.54, 1.807) is 6.07 Å². The highest BCUT2D eigenvalue weighted by Crippen LogP contribution is 2.32. The molecule has 2 aliphatic rings. The Kier molecular flexibility index (Phi) is 6.49. The monoisotopic (exact) mass is 486 g/mol. The minimum atomic E-state index is -0.443. The normalized spacial score (nSPS) is 18.2. The van der Waals surface area contributed by atoms with Gasteiger partial charge in [0.2, 0.25) is 5.95 Å². The van der Waals surface area contributed by atoms with Crippen LogP contribution in [0, 0.1) is 0 Å². The molecule has 0 aliphatic carbocycles. The largest absolute Gasteiger partial charge is 0.368 e. The van der Waals surface area contributed by atoms with Crippen molar-refractivity contribution in [2.24, 2.45) is 5.73 Å². The summed E-state index contributed by atoms with van der Waals surface area (Å²) in [7, 11) is 2.14. The fraction of sp³-hybridized carbons (Fsp3) is 0.407. The van der Waals surface area contributed by atoms with Crippen molar-refractivity contribution in [3.63, 3.8) is 0 Å². The van der Waals surface area contributed by atoms with E-state index in [2.05, 4.69) is 62.9 Å². The quantitative estimate of drug-likeness (QED) is 0.565. The van der Waals surface area contributed by atoms with Crippen molar-refractivity contribution in [3.8, 4) is 11.3 Å². The van der Waals surface area contributed by atoms with E-state index in [9.17, 15) is 4.79 Å². The van der Waals surface area contributed by atoms with E-state index in [-0.39, 0.29) is 6.04 Å².